The molecule has 0 aliphatic rings. The highest BCUT2D eigenvalue weighted by atomic mass is 35.5. The molecule has 0 N–H and O–H groups in total. The fourth-order valence-electron chi connectivity index (χ4n) is 2.49. The Labute approximate surface area is 134 Å². The lowest BCUT2D eigenvalue weighted by Crippen LogP contribution is -2.05. The maximum Gasteiger partial charge on any atom is 0.167 e. The molecule has 2 nitrogen and oxygen atoms in total. The Morgan fingerprint density at radius 1 is 1.09 bits per heavy atom. The van der Waals surface area contributed by atoms with Crippen LogP contribution < -0.4 is 0 Å². The van der Waals surface area contributed by atoms with Crippen molar-refractivity contribution in [2.45, 2.75) is 20.3 Å². The minimum absolute atomic E-state index is 0.0534. The summed E-state index contributed by atoms with van der Waals surface area (Å²) < 4.78 is 0. The van der Waals surface area contributed by atoms with E-state index in [1.165, 1.54) is 0 Å². The normalized spacial score (nSPS) is 10.9. The van der Waals surface area contributed by atoms with Crippen LogP contribution in [0.15, 0.2) is 48.5 Å². The van der Waals surface area contributed by atoms with Crippen LogP contribution in [0.5, 0.6) is 0 Å². The van der Waals surface area contributed by atoms with E-state index in [-0.39, 0.29) is 5.78 Å². The predicted molar refractivity (Wildman–Crippen MR) is 90.7 cm³/mol. The number of aromatic nitrogens is 1. The molecule has 0 aliphatic carbocycles. The van der Waals surface area contributed by atoms with Gasteiger partial charge in [-0.1, -0.05) is 48.0 Å². The van der Waals surface area contributed by atoms with Crippen molar-refractivity contribution in [1.82, 2.24) is 4.98 Å². The number of nitrogens with zero attached hydrogens (tertiary/aromatic N) is 1. The average molecular weight is 310 g/mol. The molecule has 0 aliphatic heterocycles. The summed E-state index contributed by atoms with van der Waals surface area (Å²) >= 11 is 6.11. The summed E-state index contributed by atoms with van der Waals surface area (Å²) in [6, 6.07) is 15.4. The number of para-hydroxylation sites is 1. The number of carbonyl (C=O) groups excluding carboxylic acids is 1. The number of fused-ring (bicyclic) bond motifs is 1. The molecule has 0 unspecified atom stereocenters. The molecule has 0 saturated carbocycles. The summed E-state index contributed by atoms with van der Waals surface area (Å²) in [7, 11) is 0. The van der Waals surface area contributed by atoms with Crippen molar-refractivity contribution in [3.8, 4) is 0 Å². The minimum Gasteiger partial charge on any atom is -0.294 e. The van der Waals surface area contributed by atoms with E-state index in [2.05, 4.69) is 4.98 Å². The molecule has 0 atom stereocenters. The molecule has 0 radical (unpaired) electrons. The van der Waals surface area contributed by atoms with Crippen LogP contribution in [0.4, 0.5) is 0 Å². The summed E-state index contributed by atoms with van der Waals surface area (Å²) in [5.74, 6) is 0.0534. The Kier molecular flexibility index (Phi) is 3.95. The third-order valence-corrected chi connectivity index (χ3v) is 4.20. The second-order valence-corrected chi connectivity index (χ2v) is 5.91. The van der Waals surface area contributed by atoms with Crippen LogP contribution in [0.1, 0.15) is 27.2 Å². The SMILES string of the molecule is Cc1ccc2cccc(CC(=O)c3ccc(C)c(Cl)c3)c2n1. The molecule has 1 heterocycles. The van der Waals surface area contributed by atoms with Gasteiger partial charge in [0, 0.05) is 28.1 Å². The maximum absolute atomic E-state index is 12.5. The van der Waals surface area contributed by atoms with Gasteiger partial charge in [-0.15, -0.1) is 0 Å². The molecular weight excluding hydrogens is 294 g/mol. The van der Waals surface area contributed by atoms with Crippen LogP contribution in [-0.2, 0) is 6.42 Å². The van der Waals surface area contributed by atoms with E-state index in [0.29, 0.717) is 17.0 Å². The molecule has 2 aromatic carbocycles. The number of hydrogen-bond donors (Lipinski definition) is 0. The molecular formula is C19H16ClNO. The van der Waals surface area contributed by atoms with Crippen LogP contribution in [0.2, 0.25) is 5.02 Å². The zero-order valence-electron chi connectivity index (χ0n) is 12.6. The summed E-state index contributed by atoms with van der Waals surface area (Å²) in [5, 5.41) is 1.68. The molecule has 0 amide bonds. The molecule has 0 saturated heterocycles. The highest BCUT2D eigenvalue weighted by molar-refractivity contribution is 6.31. The second kappa shape index (κ2) is 5.90. The molecule has 3 heteroatoms. The van der Waals surface area contributed by atoms with Crippen LogP contribution in [0.25, 0.3) is 10.9 Å². The van der Waals surface area contributed by atoms with Gasteiger partial charge in [-0.2, -0.15) is 0 Å². The van der Waals surface area contributed by atoms with Gasteiger partial charge in [0.2, 0.25) is 0 Å². The fourth-order valence-corrected chi connectivity index (χ4v) is 2.67. The molecule has 1 aromatic heterocycles. The quantitative estimate of drug-likeness (QED) is 0.642. The highest BCUT2D eigenvalue weighted by Crippen LogP contribution is 2.21. The topological polar surface area (TPSA) is 30.0 Å². The second-order valence-electron chi connectivity index (χ2n) is 5.51. The van der Waals surface area contributed by atoms with Crippen molar-refractivity contribution in [2.24, 2.45) is 0 Å². The number of hydrogen-bond acceptors (Lipinski definition) is 2. The standard InChI is InChI=1S/C19H16ClNO/c1-12-6-8-15(10-17(12)20)18(22)11-16-5-3-4-14-9-7-13(2)21-19(14)16/h3-10H,11H2,1-2H3. The lowest BCUT2D eigenvalue weighted by molar-refractivity contribution is 0.0993. The Morgan fingerprint density at radius 3 is 2.68 bits per heavy atom. The van der Waals surface area contributed by atoms with Crippen LogP contribution >= 0.6 is 11.6 Å². The first-order chi connectivity index (χ1) is 10.5. The molecule has 3 rings (SSSR count). The first-order valence-electron chi connectivity index (χ1n) is 7.19. The van der Waals surface area contributed by atoms with E-state index in [1.54, 1.807) is 6.07 Å². The number of pyridine rings is 1. The van der Waals surface area contributed by atoms with Crippen molar-refractivity contribution in [1.29, 1.82) is 0 Å². The van der Waals surface area contributed by atoms with Crippen LogP contribution in [0.3, 0.4) is 0 Å². The first kappa shape index (κ1) is 14.7. The minimum atomic E-state index is 0.0534. The molecule has 0 spiro atoms. The number of benzene rings is 2. The van der Waals surface area contributed by atoms with E-state index >= 15 is 0 Å². The van der Waals surface area contributed by atoms with Gasteiger partial charge in [-0.05, 0) is 37.1 Å². The Hall–Kier alpha value is -2.19. The zero-order valence-corrected chi connectivity index (χ0v) is 13.3. The van der Waals surface area contributed by atoms with Crippen molar-refractivity contribution in [2.75, 3.05) is 0 Å². The van der Waals surface area contributed by atoms with E-state index in [0.717, 1.165) is 27.7 Å². The smallest absolute Gasteiger partial charge is 0.167 e. The average Bonchev–Trinajstić information content (AvgIpc) is 2.50. The van der Waals surface area contributed by atoms with Gasteiger partial charge in [0.1, 0.15) is 0 Å². The number of rotatable bonds is 3. The molecule has 3 aromatic rings. The Morgan fingerprint density at radius 2 is 1.91 bits per heavy atom. The Bertz CT molecular complexity index is 870. The number of Topliss-reactive ketones (excluding diaryl/α,β-unsaturated/α-hetero) is 1. The monoisotopic (exact) mass is 309 g/mol. The van der Waals surface area contributed by atoms with Crippen molar-refractivity contribution in [3.05, 3.63) is 75.9 Å². The summed E-state index contributed by atoms with van der Waals surface area (Å²) in [6.07, 6.45) is 0.327. The summed E-state index contributed by atoms with van der Waals surface area (Å²) in [4.78, 5) is 17.1. The van der Waals surface area contributed by atoms with E-state index in [1.807, 2.05) is 56.3 Å². The molecule has 0 fully saturated rings. The van der Waals surface area contributed by atoms with Gasteiger partial charge >= 0.3 is 0 Å². The van der Waals surface area contributed by atoms with Crippen LogP contribution in [0, 0.1) is 13.8 Å². The lowest BCUT2D eigenvalue weighted by Gasteiger charge is -2.07. The molecule has 110 valence electrons. The molecule has 0 bridgehead atoms. The molecule has 22 heavy (non-hydrogen) atoms. The van der Waals surface area contributed by atoms with E-state index < -0.39 is 0 Å². The third kappa shape index (κ3) is 2.88. The van der Waals surface area contributed by atoms with Gasteiger partial charge in [0.15, 0.2) is 5.78 Å². The van der Waals surface area contributed by atoms with Gasteiger partial charge in [-0.25, -0.2) is 0 Å². The van der Waals surface area contributed by atoms with E-state index in [4.69, 9.17) is 11.6 Å². The number of aryl methyl sites for hydroxylation is 2. The largest absolute Gasteiger partial charge is 0.294 e. The zero-order chi connectivity index (χ0) is 15.7. The van der Waals surface area contributed by atoms with Crippen molar-refractivity contribution in [3.63, 3.8) is 0 Å². The van der Waals surface area contributed by atoms with E-state index in [9.17, 15) is 4.79 Å². The number of carbonyl (C=O) groups is 1. The highest BCUT2D eigenvalue weighted by Gasteiger charge is 2.11. The summed E-state index contributed by atoms with van der Waals surface area (Å²) in [5.41, 5.74) is 4.41. The van der Waals surface area contributed by atoms with Crippen molar-refractivity contribution < 1.29 is 4.79 Å². The fraction of sp³-hybridized carbons (Fsp3) is 0.158. The predicted octanol–water partition coefficient (Wildman–Crippen LogP) is 4.93. The van der Waals surface area contributed by atoms with Crippen molar-refractivity contribution >= 4 is 28.3 Å². The van der Waals surface area contributed by atoms with Gasteiger partial charge in [0.25, 0.3) is 0 Å². The number of ketones is 1. The lowest BCUT2D eigenvalue weighted by atomic mass is 10.00. The van der Waals surface area contributed by atoms with Gasteiger partial charge in [-0.3, -0.25) is 9.78 Å². The van der Waals surface area contributed by atoms with Gasteiger partial charge in [0.05, 0.1) is 5.52 Å². The van der Waals surface area contributed by atoms with Crippen LogP contribution in [-0.4, -0.2) is 10.8 Å². The third-order valence-electron chi connectivity index (χ3n) is 3.79. The summed E-state index contributed by atoms with van der Waals surface area (Å²) in [6.45, 7) is 3.88. The van der Waals surface area contributed by atoms with Gasteiger partial charge < -0.3 is 0 Å². The number of halogens is 1. The first-order valence-corrected chi connectivity index (χ1v) is 7.57. The maximum atomic E-state index is 12.5. The Balaban J connectivity index is 1.97.